The highest BCUT2D eigenvalue weighted by Gasteiger charge is 2.20. The Morgan fingerprint density at radius 3 is 2.09 bits per heavy atom. The second-order valence-electron chi connectivity index (χ2n) is 5.73. The summed E-state index contributed by atoms with van der Waals surface area (Å²) >= 11 is 12.0. The molecule has 2 aromatic carbocycles. The molecule has 0 radical (unpaired) electrons. The average Bonchev–Trinajstić information content (AvgIpc) is 2.46. The van der Waals surface area contributed by atoms with Crippen molar-refractivity contribution in [3.8, 4) is 0 Å². The predicted molar refractivity (Wildman–Crippen MR) is 95.7 cm³/mol. The Kier molecular flexibility index (Phi) is 5.74. The summed E-state index contributed by atoms with van der Waals surface area (Å²) in [6, 6.07) is 11.4. The summed E-state index contributed by atoms with van der Waals surface area (Å²) in [7, 11) is -3.62. The van der Waals surface area contributed by atoms with Gasteiger partial charge in [-0.2, -0.15) is 0 Å². The standard InChI is InChI=1S/C17H19Cl2NO2S/c1-11(2)13-4-7-15(8-5-13)23(21,22)20-12(3)16-9-6-14(18)10-17(16)19/h4-12,20H,1-3H3/t12-/m1/s1. The van der Waals surface area contributed by atoms with Crippen LogP contribution in [0.15, 0.2) is 47.4 Å². The van der Waals surface area contributed by atoms with Crippen LogP contribution >= 0.6 is 23.2 Å². The van der Waals surface area contributed by atoms with Crippen LogP contribution in [0.2, 0.25) is 10.0 Å². The zero-order valence-electron chi connectivity index (χ0n) is 13.2. The lowest BCUT2D eigenvalue weighted by atomic mass is 10.0. The van der Waals surface area contributed by atoms with Crippen LogP contribution in [0.5, 0.6) is 0 Å². The van der Waals surface area contributed by atoms with Crippen LogP contribution < -0.4 is 4.72 Å². The average molecular weight is 372 g/mol. The smallest absolute Gasteiger partial charge is 0.207 e. The topological polar surface area (TPSA) is 46.2 Å². The van der Waals surface area contributed by atoms with Gasteiger partial charge in [-0.15, -0.1) is 0 Å². The number of halogens is 2. The lowest BCUT2D eigenvalue weighted by Crippen LogP contribution is -2.27. The minimum atomic E-state index is -3.62. The Labute approximate surface area is 147 Å². The number of nitrogens with one attached hydrogen (secondary N) is 1. The van der Waals surface area contributed by atoms with Crippen molar-refractivity contribution in [3.63, 3.8) is 0 Å². The van der Waals surface area contributed by atoms with Crippen molar-refractivity contribution in [3.05, 3.63) is 63.6 Å². The molecule has 2 aromatic rings. The van der Waals surface area contributed by atoms with Gasteiger partial charge < -0.3 is 0 Å². The summed E-state index contributed by atoms with van der Waals surface area (Å²) in [6.45, 7) is 5.87. The molecule has 0 aliphatic carbocycles. The molecule has 0 amide bonds. The highest BCUT2D eigenvalue weighted by atomic mass is 35.5. The van der Waals surface area contributed by atoms with Gasteiger partial charge in [0, 0.05) is 16.1 Å². The minimum absolute atomic E-state index is 0.235. The van der Waals surface area contributed by atoms with E-state index >= 15 is 0 Å². The van der Waals surface area contributed by atoms with Crippen molar-refractivity contribution >= 4 is 33.2 Å². The highest BCUT2D eigenvalue weighted by Crippen LogP contribution is 2.27. The lowest BCUT2D eigenvalue weighted by molar-refractivity contribution is 0.567. The van der Waals surface area contributed by atoms with Crippen LogP contribution in [0.1, 0.15) is 43.9 Å². The first kappa shape index (κ1) is 18.3. The van der Waals surface area contributed by atoms with E-state index in [1.807, 2.05) is 12.1 Å². The van der Waals surface area contributed by atoms with E-state index in [9.17, 15) is 8.42 Å². The molecule has 2 rings (SSSR count). The normalized spacial score (nSPS) is 13.3. The van der Waals surface area contributed by atoms with Gasteiger partial charge in [-0.25, -0.2) is 13.1 Å². The molecule has 0 saturated carbocycles. The largest absolute Gasteiger partial charge is 0.241 e. The molecule has 0 unspecified atom stereocenters. The fraction of sp³-hybridized carbons (Fsp3) is 0.294. The Balaban J connectivity index is 2.23. The minimum Gasteiger partial charge on any atom is -0.207 e. The molecule has 0 saturated heterocycles. The SMILES string of the molecule is CC(C)c1ccc(S(=O)(=O)N[C@H](C)c2ccc(Cl)cc2Cl)cc1. The third-order valence-corrected chi connectivity index (χ3v) is 5.74. The van der Waals surface area contributed by atoms with Gasteiger partial charge in [0.1, 0.15) is 0 Å². The van der Waals surface area contributed by atoms with Gasteiger partial charge in [-0.05, 0) is 48.2 Å². The quantitative estimate of drug-likeness (QED) is 0.788. The summed E-state index contributed by atoms with van der Waals surface area (Å²) in [6.07, 6.45) is 0. The molecular formula is C17H19Cl2NO2S. The van der Waals surface area contributed by atoms with E-state index in [1.165, 1.54) is 0 Å². The first-order chi connectivity index (χ1) is 10.7. The van der Waals surface area contributed by atoms with E-state index in [0.717, 1.165) is 5.56 Å². The number of rotatable bonds is 5. The maximum atomic E-state index is 12.5. The molecule has 0 heterocycles. The van der Waals surface area contributed by atoms with Gasteiger partial charge in [0.15, 0.2) is 0 Å². The number of hydrogen-bond donors (Lipinski definition) is 1. The number of sulfonamides is 1. The lowest BCUT2D eigenvalue weighted by Gasteiger charge is -2.16. The van der Waals surface area contributed by atoms with Crippen LogP contribution in [0.25, 0.3) is 0 Å². The Morgan fingerprint density at radius 1 is 0.957 bits per heavy atom. The van der Waals surface area contributed by atoms with Gasteiger partial charge in [0.2, 0.25) is 10.0 Å². The zero-order valence-corrected chi connectivity index (χ0v) is 15.5. The Bertz CT molecular complexity index is 787. The molecule has 0 aliphatic heterocycles. The van der Waals surface area contributed by atoms with Crippen molar-refractivity contribution in [1.82, 2.24) is 4.72 Å². The molecule has 23 heavy (non-hydrogen) atoms. The molecule has 124 valence electrons. The molecule has 6 heteroatoms. The highest BCUT2D eigenvalue weighted by molar-refractivity contribution is 7.89. The zero-order chi connectivity index (χ0) is 17.2. The van der Waals surface area contributed by atoms with Crippen LogP contribution in [-0.4, -0.2) is 8.42 Å². The van der Waals surface area contributed by atoms with Crippen LogP contribution in [0, 0.1) is 0 Å². The predicted octanol–water partition coefficient (Wildman–Crippen LogP) is 5.16. The molecule has 1 N–H and O–H groups in total. The fourth-order valence-electron chi connectivity index (χ4n) is 2.25. The van der Waals surface area contributed by atoms with Crippen LogP contribution in [-0.2, 0) is 10.0 Å². The summed E-state index contributed by atoms with van der Waals surface area (Å²) in [5.41, 5.74) is 1.77. The Morgan fingerprint density at radius 2 is 1.57 bits per heavy atom. The van der Waals surface area contributed by atoms with Crippen molar-refractivity contribution in [2.24, 2.45) is 0 Å². The monoisotopic (exact) mass is 371 g/mol. The molecule has 0 bridgehead atoms. The molecule has 0 fully saturated rings. The van der Waals surface area contributed by atoms with Gasteiger partial charge in [0.05, 0.1) is 4.90 Å². The van der Waals surface area contributed by atoms with Crippen LogP contribution in [0.4, 0.5) is 0 Å². The fourth-order valence-corrected chi connectivity index (χ4v) is 4.04. The second kappa shape index (κ2) is 7.22. The maximum absolute atomic E-state index is 12.5. The van der Waals surface area contributed by atoms with Crippen molar-refractivity contribution in [1.29, 1.82) is 0 Å². The second-order valence-corrected chi connectivity index (χ2v) is 8.29. The van der Waals surface area contributed by atoms with E-state index < -0.39 is 16.1 Å². The summed E-state index contributed by atoms with van der Waals surface area (Å²) in [5.74, 6) is 0.353. The summed E-state index contributed by atoms with van der Waals surface area (Å²) in [5, 5.41) is 0.945. The molecule has 0 spiro atoms. The van der Waals surface area contributed by atoms with Crippen molar-refractivity contribution < 1.29 is 8.42 Å². The maximum Gasteiger partial charge on any atom is 0.241 e. The van der Waals surface area contributed by atoms with E-state index in [1.54, 1.807) is 37.3 Å². The van der Waals surface area contributed by atoms with E-state index in [4.69, 9.17) is 23.2 Å². The molecule has 3 nitrogen and oxygen atoms in total. The van der Waals surface area contributed by atoms with E-state index in [0.29, 0.717) is 21.5 Å². The van der Waals surface area contributed by atoms with Gasteiger partial charge in [-0.1, -0.05) is 55.2 Å². The first-order valence-electron chi connectivity index (χ1n) is 7.28. The van der Waals surface area contributed by atoms with Gasteiger partial charge >= 0.3 is 0 Å². The van der Waals surface area contributed by atoms with Crippen molar-refractivity contribution in [2.45, 2.75) is 37.6 Å². The first-order valence-corrected chi connectivity index (χ1v) is 9.52. The summed E-state index contributed by atoms with van der Waals surface area (Å²) < 4.78 is 27.6. The molecular weight excluding hydrogens is 353 g/mol. The third-order valence-electron chi connectivity index (χ3n) is 3.62. The summed E-state index contributed by atoms with van der Waals surface area (Å²) in [4.78, 5) is 0.235. The molecule has 1 atom stereocenters. The van der Waals surface area contributed by atoms with E-state index in [2.05, 4.69) is 18.6 Å². The van der Waals surface area contributed by atoms with Gasteiger partial charge in [0.25, 0.3) is 0 Å². The van der Waals surface area contributed by atoms with Crippen LogP contribution in [0.3, 0.4) is 0 Å². The number of benzene rings is 2. The molecule has 0 aromatic heterocycles. The third kappa shape index (κ3) is 4.48. The van der Waals surface area contributed by atoms with Crippen molar-refractivity contribution in [2.75, 3.05) is 0 Å². The number of hydrogen-bond acceptors (Lipinski definition) is 2. The Hall–Kier alpha value is -1.07. The molecule has 0 aliphatic rings. The van der Waals surface area contributed by atoms with Gasteiger partial charge in [-0.3, -0.25) is 0 Å². The van der Waals surface area contributed by atoms with E-state index in [-0.39, 0.29) is 4.90 Å².